The maximum Gasteiger partial charge on any atom is 0.310 e. The van der Waals surface area contributed by atoms with E-state index in [0.717, 1.165) is 12.0 Å². The van der Waals surface area contributed by atoms with Crippen LogP contribution in [-0.2, 0) is 22.4 Å². The van der Waals surface area contributed by atoms with Gasteiger partial charge in [-0.2, -0.15) is 0 Å². The van der Waals surface area contributed by atoms with Crippen LogP contribution in [0.25, 0.3) is 0 Å². The third-order valence-electron chi connectivity index (χ3n) is 3.81. The number of hydrogen-bond donors (Lipinski definition) is 2. The van der Waals surface area contributed by atoms with Crippen molar-refractivity contribution in [2.45, 2.75) is 32.6 Å². The van der Waals surface area contributed by atoms with E-state index >= 15 is 0 Å². The van der Waals surface area contributed by atoms with Crippen molar-refractivity contribution in [1.29, 1.82) is 0 Å². The third-order valence-corrected chi connectivity index (χ3v) is 3.81. The van der Waals surface area contributed by atoms with E-state index in [0.29, 0.717) is 17.7 Å². The standard InChI is InChI=1S/C19H21NO3/c1-3-14-6-4-7-15(10-14)11-18(21)20-17-9-5-8-16(12-17)13(2)19(22)23/h4-10,12-13H,3,11H2,1-2H3,(H,20,21)(H,22,23). The van der Waals surface area contributed by atoms with Gasteiger partial charge in [0.2, 0.25) is 5.91 Å². The van der Waals surface area contributed by atoms with Crippen molar-refractivity contribution in [3.63, 3.8) is 0 Å². The molecule has 0 saturated heterocycles. The second-order valence-electron chi connectivity index (χ2n) is 5.58. The average molecular weight is 311 g/mol. The molecule has 0 aromatic heterocycles. The molecule has 0 aliphatic heterocycles. The summed E-state index contributed by atoms with van der Waals surface area (Å²) in [5.41, 5.74) is 3.46. The van der Waals surface area contributed by atoms with Gasteiger partial charge in [-0.05, 0) is 42.2 Å². The fraction of sp³-hybridized carbons (Fsp3) is 0.263. The number of anilines is 1. The second-order valence-corrected chi connectivity index (χ2v) is 5.58. The zero-order valence-corrected chi connectivity index (χ0v) is 13.4. The molecule has 2 aromatic rings. The van der Waals surface area contributed by atoms with Gasteiger partial charge in [-0.3, -0.25) is 9.59 Å². The summed E-state index contributed by atoms with van der Waals surface area (Å²) in [6, 6.07) is 14.9. The monoisotopic (exact) mass is 311 g/mol. The molecule has 0 heterocycles. The SMILES string of the molecule is CCc1cccc(CC(=O)Nc2cccc(C(C)C(=O)O)c2)c1. The van der Waals surface area contributed by atoms with Crippen molar-refractivity contribution < 1.29 is 14.7 Å². The highest BCUT2D eigenvalue weighted by atomic mass is 16.4. The van der Waals surface area contributed by atoms with Crippen LogP contribution in [0.15, 0.2) is 48.5 Å². The fourth-order valence-electron chi connectivity index (χ4n) is 2.38. The molecule has 1 atom stereocenters. The lowest BCUT2D eigenvalue weighted by molar-refractivity contribution is -0.138. The first-order chi connectivity index (χ1) is 11.0. The number of carbonyl (C=O) groups is 2. The zero-order valence-electron chi connectivity index (χ0n) is 13.4. The van der Waals surface area contributed by atoms with Gasteiger partial charge in [-0.1, -0.05) is 43.3 Å². The highest BCUT2D eigenvalue weighted by Gasteiger charge is 2.14. The zero-order chi connectivity index (χ0) is 16.8. The number of aliphatic carboxylic acids is 1. The van der Waals surface area contributed by atoms with Gasteiger partial charge in [0.15, 0.2) is 0 Å². The summed E-state index contributed by atoms with van der Waals surface area (Å²) in [4.78, 5) is 23.2. The summed E-state index contributed by atoms with van der Waals surface area (Å²) in [6.45, 7) is 3.70. The molecule has 0 bridgehead atoms. The number of hydrogen-bond acceptors (Lipinski definition) is 2. The number of carboxylic acid groups (broad SMARTS) is 1. The van der Waals surface area contributed by atoms with E-state index in [1.54, 1.807) is 31.2 Å². The molecule has 4 heteroatoms. The van der Waals surface area contributed by atoms with E-state index in [-0.39, 0.29) is 5.91 Å². The Hall–Kier alpha value is -2.62. The number of benzene rings is 2. The molecule has 1 unspecified atom stereocenters. The van der Waals surface area contributed by atoms with Gasteiger partial charge in [-0.15, -0.1) is 0 Å². The molecule has 2 N–H and O–H groups in total. The van der Waals surface area contributed by atoms with Crippen LogP contribution < -0.4 is 5.32 Å². The van der Waals surface area contributed by atoms with E-state index in [2.05, 4.69) is 12.2 Å². The molecule has 1 amide bonds. The molecule has 0 fully saturated rings. The first-order valence-electron chi connectivity index (χ1n) is 7.70. The van der Waals surface area contributed by atoms with Crippen molar-refractivity contribution in [1.82, 2.24) is 0 Å². The Balaban J connectivity index is 2.05. The van der Waals surface area contributed by atoms with Gasteiger partial charge in [0, 0.05) is 5.69 Å². The first-order valence-corrected chi connectivity index (χ1v) is 7.70. The molecule has 0 saturated carbocycles. The van der Waals surface area contributed by atoms with Crippen LogP contribution in [0.5, 0.6) is 0 Å². The van der Waals surface area contributed by atoms with Gasteiger partial charge < -0.3 is 10.4 Å². The highest BCUT2D eigenvalue weighted by Crippen LogP contribution is 2.19. The fourth-order valence-corrected chi connectivity index (χ4v) is 2.38. The summed E-state index contributed by atoms with van der Waals surface area (Å²) < 4.78 is 0. The number of amides is 1. The number of nitrogens with one attached hydrogen (secondary N) is 1. The third kappa shape index (κ3) is 4.68. The van der Waals surface area contributed by atoms with Crippen molar-refractivity contribution in [2.24, 2.45) is 0 Å². The molecular formula is C19H21NO3. The topological polar surface area (TPSA) is 66.4 Å². The maximum absolute atomic E-state index is 12.2. The second kappa shape index (κ2) is 7.58. The molecule has 2 rings (SSSR count). The minimum atomic E-state index is -0.884. The van der Waals surface area contributed by atoms with Crippen LogP contribution in [-0.4, -0.2) is 17.0 Å². The molecule has 23 heavy (non-hydrogen) atoms. The number of carbonyl (C=O) groups excluding carboxylic acids is 1. The molecular weight excluding hydrogens is 290 g/mol. The molecule has 2 aromatic carbocycles. The van der Waals surface area contributed by atoms with Crippen molar-refractivity contribution in [3.05, 3.63) is 65.2 Å². The summed E-state index contributed by atoms with van der Waals surface area (Å²) >= 11 is 0. The smallest absolute Gasteiger partial charge is 0.310 e. The van der Waals surface area contributed by atoms with Crippen LogP contribution in [0.3, 0.4) is 0 Å². The molecule has 0 spiro atoms. The summed E-state index contributed by atoms with van der Waals surface area (Å²) in [7, 11) is 0. The lowest BCUT2D eigenvalue weighted by Gasteiger charge is -2.10. The van der Waals surface area contributed by atoms with E-state index in [4.69, 9.17) is 5.11 Å². The van der Waals surface area contributed by atoms with Crippen molar-refractivity contribution in [3.8, 4) is 0 Å². The summed E-state index contributed by atoms with van der Waals surface area (Å²) in [6.07, 6.45) is 1.23. The van der Waals surface area contributed by atoms with Crippen LogP contribution in [0.4, 0.5) is 5.69 Å². The summed E-state index contributed by atoms with van der Waals surface area (Å²) in [5.74, 6) is -1.60. The van der Waals surface area contributed by atoms with E-state index < -0.39 is 11.9 Å². The van der Waals surface area contributed by atoms with Crippen LogP contribution in [0.2, 0.25) is 0 Å². The minimum absolute atomic E-state index is 0.113. The van der Waals surface area contributed by atoms with Gasteiger partial charge >= 0.3 is 5.97 Å². The predicted molar refractivity (Wildman–Crippen MR) is 90.6 cm³/mol. The molecule has 0 aliphatic carbocycles. The Morgan fingerprint density at radius 2 is 1.78 bits per heavy atom. The van der Waals surface area contributed by atoms with Gasteiger partial charge in [0.05, 0.1) is 12.3 Å². The molecule has 4 nitrogen and oxygen atoms in total. The van der Waals surface area contributed by atoms with E-state index in [1.165, 1.54) is 5.56 Å². The Morgan fingerprint density at radius 1 is 1.09 bits per heavy atom. The lowest BCUT2D eigenvalue weighted by Crippen LogP contribution is -2.15. The number of rotatable bonds is 6. The van der Waals surface area contributed by atoms with E-state index in [9.17, 15) is 9.59 Å². The lowest BCUT2D eigenvalue weighted by atomic mass is 10.0. The Kier molecular flexibility index (Phi) is 5.52. The molecule has 0 radical (unpaired) electrons. The van der Waals surface area contributed by atoms with Crippen molar-refractivity contribution >= 4 is 17.6 Å². The number of carboxylic acids is 1. The van der Waals surface area contributed by atoms with Gasteiger partial charge in [0.25, 0.3) is 0 Å². The van der Waals surface area contributed by atoms with Gasteiger partial charge in [-0.25, -0.2) is 0 Å². The average Bonchev–Trinajstić information content (AvgIpc) is 2.54. The van der Waals surface area contributed by atoms with Crippen molar-refractivity contribution in [2.75, 3.05) is 5.32 Å². The van der Waals surface area contributed by atoms with Crippen LogP contribution >= 0.6 is 0 Å². The van der Waals surface area contributed by atoms with Crippen LogP contribution in [0, 0.1) is 0 Å². The maximum atomic E-state index is 12.2. The quantitative estimate of drug-likeness (QED) is 0.856. The van der Waals surface area contributed by atoms with Gasteiger partial charge in [0.1, 0.15) is 0 Å². The molecule has 120 valence electrons. The highest BCUT2D eigenvalue weighted by molar-refractivity contribution is 5.92. The Morgan fingerprint density at radius 3 is 2.48 bits per heavy atom. The number of aryl methyl sites for hydroxylation is 1. The Bertz CT molecular complexity index is 709. The van der Waals surface area contributed by atoms with E-state index in [1.807, 2.05) is 24.3 Å². The van der Waals surface area contributed by atoms with Crippen LogP contribution in [0.1, 0.15) is 36.5 Å². The normalized spacial score (nSPS) is 11.7. The largest absolute Gasteiger partial charge is 0.481 e. The predicted octanol–water partition coefficient (Wildman–Crippen LogP) is 3.62. The Labute approximate surface area is 136 Å². The first kappa shape index (κ1) is 16.7. The summed E-state index contributed by atoms with van der Waals surface area (Å²) in [5, 5.41) is 11.9. The minimum Gasteiger partial charge on any atom is -0.481 e. The molecule has 0 aliphatic rings.